The van der Waals surface area contributed by atoms with Crippen molar-refractivity contribution >= 4 is 40.5 Å². The maximum Gasteiger partial charge on any atom is 0.339 e. The van der Waals surface area contributed by atoms with Gasteiger partial charge in [-0.05, 0) is 30.3 Å². The van der Waals surface area contributed by atoms with Gasteiger partial charge >= 0.3 is 5.97 Å². The number of hydrogen-bond donors (Lipinski definition) is 1. The van der Waals surface area contributed by atoms with Gasteiger partial charge < -0.3 is 9.84 Å². The minimum absolute atomic E-state index is 0.0464. The van der Waals surface area contributed by atoms with E-state index in [2.05, 4.69) is 0 Å². The number of carboxylic acids is 1. The molecule has 0 saturated carbocycles. The summed E-state index contributed by atoms with van der Waals surface area (Å²) in [5, 5.41) is 9.39. The number of aromatic carboxylic acids is 1. The highest BCUT2D eigenvalue weighted by Crippen LogP contribution is 2.26. The Bertz CT molecular complexity index is 580. The predicted molar refractivity (Wildman–Crippen MR) is 72.1 cm³/mol. The van der Waals surface area contributed by atoms with Crippen LogP contribution >= 0.6 is 34.5 Å². The molecule has 1 heterocycles. The van der Waals surface area contributed by atoms with Gasteiger partial charge in [0, 0.05) is 9.90 Å². The summed E-state index contributed by atoms with van der Waals surface area (Å²) in [5.74, 6) is -0.784. The van der Waals surface area contributed by atoms with E-state index < -0.39 is 5.97 Å². The Morgan fingerprint density at radius 1 is 1.28 bits per heavy atom. The molecule has 0 bridgehead atoms. The highest BCUT2D eigenvalue weighted by atomic mass is 35.5. The molecular weight excluding hydrogens is 295 g/mol. The summed E-state index contributed by atoms with van der Waals surface area (Å²) in [6.07, 6.45) is 0. The first-order valence-electron chi connectivity index (χ1n) is 4.96. The third-order valence-electron chi connectivity index (χ3n) is 2.17. The van der Waals surface area contributed by atoms with Gasteiger partial charge in [-0.3, -0.25) is 0 Å². The van der Waals surface area contributed by atoms with Crippen LogP contribution in [0.4, 0.5) is 0 Å². The summed E-state index contributed by atoms with van der Waals surface area (Å²) in [6.45, 7) is 0.277. The average Bonchev–Trinajstić information content (AvgIpc) is 2.73. The maximum absolute atomic E-state index is 11.0. The number of thiophene rings is 1. The van der Waals surface area contributed by atoms with Crippen molar-refractivity contribution in [2.45, 2.75) is 6.61 Å². The molecule has 1 aromatic heterocycles. The van der Waals surface area contributed by atoms with Gasteiger partial charge in [-0.2, -0.15) is 0 Å². The summed E-state index contributed by atoms with van der Waals surface area (Å²) in [7, 11) is 0. The number of hydrogen-bond acceptors (Lipinski definition) is 3. The van der Waals surface area contributed by atoms with Gasteiger partial charge in [0.1, 0.15) is 17.9 Å². The molecule has 3 nitrogen and oxygen atoms in total. The highest BCUT2D eigenvalue weighted by Gasteiger charge is 2.12. The highest BCUT2D eigenvalue weighted by molar-refractivity contribution is 7.16. The van der Waals surface area contributed by atoms with Gasteiger partial charge in [-0.1, -0.05) is 23.2 Å². The molecule has 0 aliphatic carbocycles. The normalized spacial score (nSPS) is 10.3. The molecular formula is C12H8Cl2O3S. The second-order valence-corrected chi connectivity index (χ2v) is 5.68. The second kappa shape index (κ2) is 5.61. The van der Waals surface area contributed by atoms with E-state index in [0.717, 1.165) is 4.88 Å². The summed E-state index contributed by atoms with van der Waals surface area (Å²) in [5.41, 5.74) is 0.0464. The van der Waals surface area contributed by atoms with Crippen molar-refractivity contribution in [1.82, 2.24) is 0 Å². The Kier molecular flexibility index (Phi) is 4.11. The van der Waals surface area contributed by atoms with Gasteiger partial charge in [-0.15, -0.1) is 11.3 Å². The first kappa shape index (κ1) is 13.2. The summed E-state index contributed by atoms with van der Waals surface area (Å²) < 4.78 is 6.13. The third kappa shape index (κ3) is 3.16. The Morgan fingerprint density at radius 3 is 2.67 bits per heavy atom. The first-order chi connectivity index (χ1) is 8.56. The smallest absolute Gasteiger partial charge is 0.339 e. The van der Waals surface area contributed by atoms with Crippen LogP contribution in [0.2, 0.25) is 9.36 Å². The number of carboxylic acid groups (broad SMARTS) is 1. The molecule has 0 amide bonds. The molecule has 0 saturated heterocycles. The van der Waals surface area contributed by atoms with E-state index in [-0.39, 0.29) is 17.9 Å². The van der Waals surface area contributed by atoms with Gasteiger partial charge in [-0.25, -0.2) is 4.79 Å². The van der Waals surface area contributed by atoms with Gasteiger partial charge in [0.05, 0.1) is 4.34 Å². The van der Waals surface area contributed by atoms with Crippen molar-refractivity contribution in [3.05, 3.63) is 50.1 Å². The van der Waals surface area contributed by atoms with E-state index in [0.29, 0.717) is 9.36 Å². The third-order valence-corrected chi connectivity index (χ3v) is 3.61. The van der Waals surface area contributed by atoms with E-state index in [1.165, 1.54) is 17.4 Å². The number of benzene rings is 1. The van der Waals surface area contributed by atoms with Crippen molar-refractivity contribution in [2.75, 3.05) is 0 Å². The van der Waals surface area contributed by atoms with Crippen LogP contribution in [-0.4, -0.2) is 11.1 Å². The van der Waals surface area contributed by atoms with Crippen molar-refractivity contribution in [3.63, 3.8) is 0 Å². The van der Waals surface area contributed by atoms with E-state index in [4.69, 9.17) is 33.0 Å². The summed E-state index contributed by atoms with van der Waals surface area (Å²) in [6, 6.07) is 8.10. The van der Waals surface area contributed by atoms with Crippen LogP contribution < -0.4 is 4.74 Å². The molecule has 94 valence electrons. The van der Waals surface area contributed by atoms with E-state index >= 15 is 0 Å². The standard InChI is InChI=1S/C12H8Cl2O3S/c13-7-1-3-10(9(5-7)12(15)16)17-6-8-2-4-11(14)18-8/h1-5H,6H2,(H,15,16). The topological polar surface area (TPSA) is 46.5 Å². The monoisotopic (exact) mass is 302 g/mol. The molecule has 0 atom stereocenters. The quantitative estimate of drug-likeness (QED) is 0.914. The van der Waals surface area contributed by atoms with Crippen LogP contribution in [0.5, 0.6) is 5.75 Å². The van der Waals surface area contributed by atoms with Crippen LogP contribution in [0.25, 0.3) is 0 Å². The van der Waals surface area contributed by atoms with Crippen LogP contribution in [0.3, 0.4) is 0 Å². The van der Waals surface area contributed by atoms with Crippen molar-refractivity contribution in [2.24, 2.45) is 0 Å². The Balaban J connectivity index is 2.16. The molecule has 18 heavy (non-hydrogen) atoms. The molecule has 2 rings (SSSR count). The van der Waals surface area contributed by atoms with Gasteiger partial charge in [0.15, 0.2) is 0 Å². The minimum Gasteiger partial charge on any atom is -0.487 e. The van der Waals surface area contributed by atoms with E-state index in [1.807, 2.05) is 6.07 Å². The van der Waals surface area contributed by atoms with E-state index in [9.17, 15) is 4.79 Å². The van der Waals surface area contributed by atoms with Gasteiger partial charge in [0.25, 0.3) is 0 Å². The fourth-order valence-electron chi connectivity index (χ4n) is 1.37. The SMILES string of the molecule is O=C(O)c1cc(Cl)ccc1OCc1ccc(Cl)s1. The van der Waals surface area contributed by atoms with Crippen molar-refractivity contribution < 1.29 is 14.6 Å². The molecule has 0 radical (unpaired) electrons. The largest absolute Gasteiger partial charge is 0.487 e. The van der Waals surface area contributed by atoms with Crippen LogP contribution in [0.1, 0.15) is 15.2 Å². The lowest BCUT2D eigenvalue weighted by Gasteiger charge is -2.08. The van der Waals surface area contributed by atoms with Crippen LogP contribution in [-0.2, 0) is 6.61 Å². The molecule has 0 aliphatic heterocycles. The van der Waals surface area contributed by atoms with Crippen LogP contribution in [0.15, 0.2) is 30.3 Å². The zero-order valence-corrected chi connectivity index (χ0v) is 11.4. The summed E-state index contributed by atoms with van der Waals surface area (Å²) in [4.78, 5) is 12.0. The first-order valence-corrected chi connectivity index (χ1v) is 6.53. The number of halogens is 2. The zero-order valence-electron chi connectivity index (χ0n) is 9.02. The lowest BCUT2D eigenvalue weighted by Crippen LogP contribution is -2.02. The molecule has 1 aromatic carbocycles. The van der Waals surface area contributed by atoms with E-state index in [1.54, 1.807) is 18.2 Å². The van der Waals surface area contributed by atoms with Crippen molar-refractivity contribution in [3.8, 4) is 5.75 Å². The average molecular weight is 303 g/mol. The molecule has 0 aliphatic rings. The minimum atomic E-state index is -1.07. The van der Waals surface area contributed by atoms with Gasteiger partial charge in [0.2, 0.25) is 0 Å². The molecule has 1 N–H and O–H groups in total. The molecule has 0 spiro atoms. The molecule has 2 aromatic rings. The zero-order chi connectivity index (χ0) is 13.1. The lowest BCUT2D eigenvalue weighted by atomic mass is 10.2. The second-order valence-electron chi connectivity index (χ2n) is 3.44. The fraction of sp³-hybridized carbons (Fsp3) is 0.0833. The Hall–Kier alpha value is -1.23. The summed E-state index contributed by atoms with van der Waals surface area (Å²) >= 11 is 12.9. The van der Waals surface area contributed by atoms with Crippen molar-refractivity contribution in [1.29, 1.82) is 0 Å². The Morgan fingerprint density at radius 2 is 2.06 bits per heavy atom. The number of ether oxygens (including phenoxy) is 1. The molecule has 0 fully saturated rings. The predicted octanol–water partition coefficient (Wildman–Crippen LogP) is 4.33. The lowest BCUT2D eigenvalue weighted by molar-refractivity contribution is 0.0692. The Labute approximate surface area is 118 Å². The van der Waals surface area contributed by atoms with Crippen LogP contribution in [0, 0.1) is 0 Å². The molecule has 6 heteroatoms. The fourth-order valence-corrected chi connectivity index (χ4v) is 2.55. The number of carbonyl (C=O) groups is 1. The molecule has 0 unspecified atom stereocenters. The maximum atomic E-state index is 11.0. The number of rotatable bonds is 4.